The molecule has 4 aliphatic rings. The van der Waals surface area contributed by atoms with Crippen LogP contribution in [0.2, 0.25) is 5.02 Å². The van der Waals surface area contributed by atoms with E-state index in [9.17, 15) is 36.3 Å². The van der Waals surface area contributed by atoms with Crippen LogP contribution in [0.4, 0.5) is 18.9 Å². The zero-order chi connectivity index (χ0) is 36.8. The van der Waals surface area contributed by atoms with E-state index < -0.39 is 51.2 Å². The van der Waals surface area contributed by atoms with Gasteiger partial charge in [-0.2, -0.15) is 13.2 Å². The maximum Gasteiger partial charge on any atom is 0.404 e. The molecule has 1 spiro atoms. The maximum atomic E-state index is 13.7. The van der Waals surface area contributed by atoms with Gasteiger partial charge >= 0.3 is 6.18 Å². The van der Waals surface area contributed by atoms with Crippen LogP contribution in [0.5, 0.6) is 5.75 Å². The molecule has 2 aromatic rings. The molecule has 2 aliphatic carbocycles. The van der Waals surface area contributed by atoms with Crippen molar-refractivity contribution >= 4 is 39.1 Å². The molecule has 10 nitrogen and oxygen atoms in total. The number of nitrogens with one attached hydrogen (secondary N) is 1. The Hall–Kier alpha value is -3.33. The number of rotatable bonds is 4. The van der Waals surface area contributed by atoms with Gasteiger partial charge in [-0.3, -0.25) is 9.59 Å². The molecule has 2 N–H and O–H groups in total. The predicted octanol–water partition coefficient (Wildman–Crippen LogP) is 4.86. The monoisotopic (exact) mass is 753 g/mol. The van der Waals surface area contributed by atoms with Crippen molar-refractivity contribution in [3.05, 3.63) is 70.3 Å². The van der Waals surface area contributed by atoms with Crippen LogP contribution in [-0.2, 0) is 41.8 Å². The van der Waals surface area contributed by atoms with Gasteiger partial charge in [-0.05, 0) is 91.3 Å². The summed E-state index contributed by atoms with van der Waals surface area (Å²) in [5.41, 5.74) is -0.682. The Labute approximate surface area is 301 Å². The summed E-state index contributed by atoms with van der Waals surface area (Å²) in [5, 5.41) is 12.7. The number of aliphatic hydroxyl groups is 1. The Morgan fingerprint density at radius 1 is 1.20 bits per heavy atom. The van der Waals surface area contributed by atoms with Crippen LogP contribution in [0.15, 0.2) is 48.6 Å². The van der Waals surface area contributed by atoms with E-state index in [1.54, 1.807) is 13.2 Å². The highest BCUT2D eigenvalue weighted by molar-refractivity contribution is 7.90. The van der Waals surface area contributed by atoms with Crippen molar-refractivity contribution in [1.82, 2.24) is 9.62 Å². The number of ether oxygens (including phenoxy) is 2. The van der Waals surface area contributed by atoms with E-state index in [1.807, 2.05) is 30.4 Å². The molecule has 1 saturated carbocycles. The summed E-state index contributed by atoms with van der Waals surface area (Å²) in [6.45, 7) is 1.59. The number of halogens is 4. The van der Waals surface area contributed by atoms with Gasteiger partial charge in [0.05, 0.1) is 24.8 Å². The number of alkyl halides is 3. The molecule has 0 saturated heterocycles. The Bertz CT molecular complexity index is 1810. The molecule has 51 heavy (non-hydrogen) atoms. The number of anilines is 1. The van der Waals surface area contributed by atoms with Crippen LogP contribution in [0.3, 0.4) is 0 Å². The number of amides is 2. The molecule has 15 heteroatoms. The molecule has 1 fully saturated rings. The minimum atomic E-state index is -5.28. The predicted molar refractivity (Wildman–Crippen MR) is 185 cm³/mol. The molecule has 0 aromatic heterocycles. The lowest BCUT2D eigenvalue weighted by atomic mass is 9.68. The second kappa shape index (κ2) is 14.2. The zero-order valence-electron chi connectivity index (χ0n) is 28.5. The summed E-state index contributed by atoms with van der Waals surface area (Å²) in [6, 6.07) is 10.3. The number of methoxy groups -OCH3 is 1. The summed E-state index contributed by atoms with van der Waals surface area (Å²) < 4.78 is 78.1. The highest BCUT2D eigenvalue weighted by Crippen LogP contribution is 2.48. The molecular formula is C36H43ClF3N3O7S. The minimum absolute atomic E-state index is 0.148. The molecule has 0 radical (unpaired) electrons. The van der Waals surface area contributed by atoms with Gasteiger partial charge in [-0.25, -0.2) is 13.1 Å². The molecule has 2 amide bonds. The van der Waals surface area contributed by atoms with Crippen molar-refractivity contribution in [1.29, 1.82) is 0 Å². The van der Waals surface area contributed by atoms with Crippen LogP contribution in [0, 0.1) is 11.8 Å². The Kier molecular flexibility index (Phi) is 10.5. The minimum Gasteiger partial charge on any atom is -0.490 e. The summed E-state index contributed by atoms with van der Waals surface area (Å²) in [6.07, 6.45) is 2.58. The zero-order valence-corrected chi connectivity index (χ0v) is 30.1. The maximum absolute atomic E-state index is 13.7. The second-order valence-electron chi connectivity index (χ2n) is 14.4. The van der Waals surface area contributed by atoms with E-state index in [4.69, 9.17) is 21.1 Å². The van der Waals surface area contributed by atoms with Crippen LogP contribution >= 0.6 is 11.6 Å². The van der Waals surface area contributed by atoms with Crippen molar-refractivity contribution in [2.75, 3.05) is 51.1 Å². The fraction of sp³-hybridized carbons (Fsp3) is 0.556. The first kappa shape index (κ1) is 37.4. The average molecular weight is 754 g/mol. The third-order valence-corrected chi connectivity index (χ3v) is 12.3. The molecule has 5 atom stereocenters. The third kappa shape index (κ3) is 7.89. The van der Waals surface area contributed by atoms with Crippen molar-refractivity contribution < 1.29 is 45.8 Å². The van der Waals surface area contributed by atoms with E-state index >= 15 is 0 Å². The van der Waals surface area contributed by atoms with Gasteiger partial charge < -0.3 is 24.4 Å². The van der Waals surface area contributed by atoms with Gasteiger partial charge in [0.1, 0.15) is 5.75 Å². The van der Waals surface area contributed by atoms with E-state index in [2.05, 4.69) is 4.90 Å². The van der Waals surface area contributed by atoms with Crippen molar-refractivity contribution in [2.24, 2.45) is 11.8 Å². The Balaban J connectivity index is 1.47. The molecule has 0 unspecified atom stereocenters. The van der Waals surface area contributed by atoms with Gasteiger partial charge in [0.2, 0.25) is 15.9 Å². The molecular weight excluding hydrogens is 711 g/mol. The van der Waals surface area contributed by atoms with Crippen LogP contribution < -0.4 is 14.4 Å². The fourth-order valence-electron chi connectivity index (χ4n) is 8.07. The van der Waals surface area contributed by atoms with Crippen molar-refractivity contribution in [3.63, 3.8) is 0 Å². The second-order valence-corrected chi connectivity index (χ2v) is 16.5. The summed E-state index contributed by atoms with van der Waals surface area (Å²) in [5.74, 6) is -3.87. The van der Waals surface area contributed by atoms with Crippen LogP contribution in [0.25, 0.3) is 0 Å². The van der Waals surface area contributed by atoms with Crippen molar-refractivity contribution in [3.8, 4) is 5.75 Å². The summed E-state index contributed by atoms with van der Waals surface area (Å²) in [7, 11) is -2.13. The summed E-state index contributed by atoms with van der Waals surface area (Å²) >= 11 is 6.40. The first-order valence-corrected chi connectivity index (χ1v) is 19.1. The number of benzene rings is 2. The van der Waals surface area contributed by atoms with Crippen molar-refractivity contribution in [2.45, 2.75) is 68.2 Å². The largest absolute Gasteiger partial charge is 0.490 e. The highest BCUT2D eigenvalue weighted by atomic mass is 35.5. The molecule has 278 valence electrons. The number of sulfonamides is 1. The lowest BCUT2D eigenvalue weighted by Gasteiger charge is -2.46. The number of fused-ring (bicyclic) bond motifs is 4. The van der Waals surface area contributed by atoms with Gasteiger partial charge in [0.15, 0.2) is 11.4 Å². The topological polar surface area (TPSA) is 125 Å². The fourth-order valence-corrected chi connectivity index (χ4v) is 9.22. The SMILES string of the molecule is CO[C@H]1/C=C/CCN(C)C(=O)C[C@](O)(C(=O)NS(=O)(=O)CC(F)(F)F)c2ccc3c(c2)N(C[C@@H]2CC[C@H]21)C[C@@]1(CCCc2cc(Cl)ccc21)CO3. The number of carbonyl (C=O) groups excluding carboxylic acids is 2. The average Bonchev–Trinajstić information content (AvgIpc) is 3.19. The Morgan fingerprint density at radius 3 is 2.69 bits per heavy atom. The molecule has 2 heterocycles. The quantitative estimate of drug-likeness (QED) is 0.425. The smallest absolute Gasteiger partial charge is 0.404 e. The molecule has 2 aromatic carbocycles. The number of hydrogen-bond donors (Lipinski definition) is 2. The molecule has 2 bridgehead atoms. The lowest BCUT2D eigenvalue weighted by Crippen LogP contribution is -2.51. The first-order chi connectivity index (χ1) is 24.0. The van der Waals surface area contributed by atoms with E-state index in [-0.39, 0.29) is 30.0 Å². The van der Waals surface area contributed by atoms with Crippen LogP contribution in [0.1, 0.15) is 55.2 Å². The number of hydrogen-bond acceptors (Lipinski definition) is 8. The standard InChI is InChI=1S/C36H43ClF3N3O7S/c1-42-15-4-3-7-30(49-2)27-11-8-24(27)19-43-20-34(14-5-6-23-16-26(37)10-12-28(23)34)21-50-31-13-9-25(17-29(31)43)35(46,18-32(42)44)33(45)41-51(47,48)22-36(38,39)40/h3,7,9-10,12-13,16-17,24,27,30,46H,4-6,8,11,14-15,18-22H2,1-2H3,(H,41,45)/b7-3+/t24-,27+,30-,34-,35+/m0/s1. The molecule has 2 aliphatic heterocycles. The van der Waals surface area contributed by atoms with Gasteiger partial charge in [-0.15, -0.1) is 0 Å². The van der Waals surface area contributed by atoms with Gasteiger partial charge in [0.25, 0.3) is 5.91 Å². The number of nitrogens with zero attached hydrogens (tertiary/aromatic N) is 2. The van der Waals surface area contributed by atoms with Crippen LogP contribution in [-0.4, -0.2) is 88.7 Å². The van der Waals surface area contributed by atoms with E-state index in [0.717, 1.165) is 43.2 Å². The highest BCUT2D eigenvalue weighted by Gasteiger charge is 2.48. The third-order valence-electron chi connectivity index (χ3n) is 10.9. The first-order valence-electron chi connectivity index (χ1n) is 17.1. The van der Waals surface area contributed by atoms with E-state index in [0.29, 0.717) is 42.6 Å². The summed E-state index contributed by atoms with van der Waals surface area (Å²) in [4.78, 5) is 30.6. The Morgan fingerprint density at radius 2 is 1.98 bits per heavy atom. The van der Waals surface area contributed by atoms with E-state index in [1.165, 1.54) is 28.8 Å². The lowest BCUT2D eigenvalue weighted by molar-refractivity contribution is -0.148. The number of carbonyl (C=O) groups is 2. The molecule has 6 rings (SSSR count). The van der Waals surface area contributed by atoms with Gasteiger partial charge in [0, 0.05) is 44.2 Å². The normalized spacial score (nSPS) is 29.2. The van der Waals surface area contributed by atoms with Gasteiger partial charge in [-0.1, -0.05) is 35.9 Å². The number of aryl methyl sites for hydroxylation is 1.